The summed E-state index contributed by atoms with van der Waals surface area (Å²) in [4.78, 5) is 14.8. The summed E-state index contributed by atoms with van der Waals surface area (Å²) in [6, 6.07) is 16.6. The van der Waals surface area contributed by atoms with E-state index in [1.165, 1.54) is 5.56 Å². The molecule has 124 valence electrons. The van der Waals surface area contributed by atoms with E-state index >= 15 is 0 Å². The molecule has 2 aromatic rings. The Morgan fingerprint density at radius 1 is 0.958 bits per heavy atom. The van der Waals surface area contributed by atoms with Gasteiger partial charge in [0.1, 0.15) is 0 Å². The molecule has 0 bridgehead atoms. The van der Waals surface area contributed by atoms with E-state index in [1.807, 2.05) is 35.2 Å². The second kappa shape index (κ2) is 6.64. The van der Waals surface area contributed by atoms with E-state index < -0.39 is 0 Å². The molecule has 2 aromatic carbocycles. The summed E-state index contributed by atoms with van der Waals surface area (Å²) in [5, 5.41) is 0. The molecule has 0 aromatic heterocycles. The molecule has 0 saturated heterocycles. The van der Waals surface area contributed by atoms with E-state index in [1.54, 1.807) is 0 Å². The normalized spacial score (nSPS) is 15.7. The highest BCUT2D eigenvalue weighted by molar-refractivity contribution is 6.35. The van der Waals surface area contributed by atoms with Crippen molar-refractivity contribution >= 4 is 23.2 Å². The predicted molar refractivity (Wildman–Crippen MR) is 102 cm³/mol. The Balaban J connectivity index is 1.99. The minimum Gasteiger partial charge on any atom is -0.307 e. The van der Waals surface area contributed by atoms with Crippen LogP contribution in [0.5, 0.6) is 0 Å². The summed E-state index contributed by atoms with van der Waals surface area (Å²) in [5.74, 6) is 1.06. The van der Waals surface area contributed by atoms with Crippen LogP contribution in [0.1, 0.15) is 50.3 Å². The van der Waals surface area contributed by atoms with Gasteiger partial charge < -0.3 is 4.90 Å². The van der Waals surface area contributed by atoms with E-state index in [0.717, 1.165) is 28.9 Å². The highest BCUT2D eigenvalue weighted by atomic mass is 16.2. The van der Waals surface area contributed by atoms with Crippen LogP contribution in [0.4, 0.5) is 5.69 Å². The molecule has 0 aliphatic carbocycles. The molecular weight excluding hydrogens is 294 g/mol. The molecule has 2 heteroatoms. The number of hydrogen-bond donors (Lipinski definition) is 0. The van der Waals surface area contributed by atoms with Crippen molar-refractivity contribution in [2.24, 2.45) is 5.92 Å². The molecule has 1 aliphatic rings. The van der Waals surface area contributed by atoms with Crippen LogP contribution in [0.3, 0.4) is 0 Å². The maximum absolute atomic E-state index is 12.9. The predicted octanol–water partition coefficient (Wildman–Crippen LogP) is 5.35. The van der Waals surface area contributed by atoms with Gasteiger partial charge in [-0.3, -0.25) is 4.79 Å². The molecule has 0 unspecified atom stereocenters. The third-order valence-electron chi connectivity index (χ3n) is 4.42. The molecule has 0 fully saturated rings. The van der Waals surface area contributed by atoms with Crippen molar-refractivity contribution in [2.45, 2.75) is 33.6 Å². The zero-order valence-corrected chi connectivity index (χ0v) is 14.9. The van der Waals surface area contributed by atoms with Gasteiger partial charge in [0.2, 0.25) is 0 Å². The molecular formula is C22H25NO. The average Bonchev–Trinajstić information content (AvgIpc) is 2.81. The van der Waals surface area contributed by atoms with Crippen LogP contribution >= 0.6 is 0 Å². The lowest BCUT2D eigenvalue weighted by molar-refractivity contribution is -0.113. The largest absolute Gasteiger partial charge is 0.307 e. The third-order valence-corrected chi connectivity index (χ3v) is 4.42. The van der Waals surface area contributed by atoms with Crippen LogP contribution in [0, 0.1) is 5.92 Å². The van der Waals surface area contributed by atoms with Gasteiger partial charge in [0.15, 0.2) is 0 Å². The first-order chi connectivity index (χ1) is 11.5. The number of para-hydroxylation sites is 1. The van der Waals surface area contributed by atoms with Gasteiger partial charge in [-0.2, -0.15) is 0 Å². The van der Waals surface area contributed by atoms with Gasteiger partial charge >= 0.3 is 0 Å². The summed E-state index contributed by atoms with van der Waals surface area (Å²) >= 11 is 0. The van der Waals surface area contributed by atoms with Crippen LogP contribution in [0.25, 0.3) is 11.6 Å². The van der Waals surface area contributed by atoms with E-state index in [0.29, 0.717) is 11.8 Å². The van der Waals surface area contributed by atoms with Crippen molar-refractivity contribution in [3.05, 3.63) is 65.2 Å². The Labute approximate surface area is 144 Å². The number of carbonyl (C=O) groups is 1. The smallest absolute Gasteiger partial charge is 0.259 e. The molecule has 0 saturated carbocycles. The molecule has 1 aliphatic heterocycles. The highest BCUT2D eigenvalue weighted by Crippen LogP contribution is 2.38. The zero-order chi connectivity index (χ0) is 17.3. The standard InChI is InChI=1S/C22H25NO/c1-15(2)14-23-21-8-6-5-7-19(21)20(22(23)24)13-17-9-11-18(12-10-17)16(3)4/h5-13,15-16H,14H2,1-4H3/b20-13-. The fraction of sp³-hybridized carbons (Fsp3) is 0.318. The number of anilines is 1. The zero-order valence-electron chi connectivity index (χ0n) is 14.9. The Bertz CT molecular complexity index is 769. The summed E-state index contributed by atoms with van der Waals surface area (Å²) in [6.45, 7) is 9.41. The van der Waals surface area contributed by atoms with Crippen molar-refractivity contribution in [1.82, 2.24) is 0 Å². The summed E-state index contributed by atoms with van der Waals surface area (Å²) in [5.41, 5.74) is 5.25. The first-order valence-corrected chi connectivity index (χ1v) is 8.70. The fourth-order valence-corrected chi connectivity index (χ4v) is 3.14. The first kappa shape index (κ1) is 16.5. The number of benzene rings is 2. The van der Waals surface area contributed by atoms with Crippen LogP contribution in [-0.2, 0) is 4.79 Å². The molecule has 0 atom stereocenters. The Hall–Kier alpha value is -2.35. The minimum atomic E-state index is 0.109. The third kappa shape index (κ3) is 3.14. The quantitative estimate of drug-likeness (QED) is 0.695. The molecule has 1 heterocycles. The van der Waals surface area contributed by atoms with E-state index in [-0.39, 0.29) is 5.91 Å². The lowest BCUT2D eigenvalue weighted by Crippen LogP contribution is -2.30. The fourth-order valence-electron chi connectivity index (χ4n) is 3.14. The number of amides is 1. The van der Waals surface area contributed by atoms with Crippen molar-refractivity contribution in [3.8, 4) is 0 Å². The van der Waals surface area contributed by atoms with Crippen LogP contribution in [-0.4, -0.2) is 12.5 Å². The summed E-state index contributed by atoms with van der Waals surface area (Å²) in [7, 11) is 0. The van der Waals surface area contributed by atoms with Gasteiger partial charge in [-0.05, 0) is 35.1 Å². The number of fused-ring (bicyclic) bond motifs is 1. The van der Waals surface area contributed by atoms with Crippen molar-refractivity contribution in [1.29, 1.82) is 0 Å². The average molecular weight is 319 g/mol. The molecule has 0 N–H and O–H groups in total. The van der Waals surface area contributed by atoms with Gasteiger partial charge in [0.05, 0.1) is 5.69 Å². The van der Waals surface area contributed by atoms with Gasteiger partial charge in [-0.1, -0.05) is 70.2 Å². The van der Waals surface area contributed by atoms with Gasteiger partial charge in [-0.15, -0.1) is 0 Å². The van der Waals surface area contributed by atoms with E-state index in [4.69, 9.17) is 0 Å². The van der Waals surface area contributed by atoms with Gasteiger partial charge in [0.25, 0.3) is 5.91 Å². The lowest BCUT2D eigenvalue weighted by Gasteiger charge is -2.19. The SMILES string of the molecule is CC(C)CN1C(=O)/C(=C\c2ccc(C(C)C)cc2)c2ccccc21. The maximum atomic E-state index is 12.9. The minimum absolute atomic E-state index is 0.109. The van der Waals surface area contributed by atoms with Gasteiger partial charge in [0, 0.05) is 17.7 Å². The monoisotopic (exact) mass is 319 g/mol. The molecule has 3 rings (SSSR count). The molecule has 24 heavy (non-hydrogen) atoms. The van der Waals surface area contributed by atoms with Crippen LogP contribution in [0.15, 0.2) is 48.5 Å². The molecule has 0 radical (unpaired) electrons. The Kier molecular flexibility index (Phi) is 4.57. The summed E-state index contributed by atoms with van der Waals surface area (Å²) < 4.78 is 0. The molecule has 1 amide bonds. The molecule has 2 nitrogen and oxygen atoms in total. The van der Waals surface area contributed by atoms with Crippen LogP contribution < -0.4 is 4.90 Å². The van der Waals surface area contributed by atoms with E-state index in [2.05, 4.69) is 52.0 Å². The second-order valence-corrected chi connectivity index (χ2v) is 7.21. The topological polar surface area (TPSA) is 20.3 Å². The number of nitrogens with zero attached hydrogens (tertiary/aromatic N) is 1. The van der Waals surface area contributed by atoms with Crippen molar-refractivity contribution < 1.29 is 4.79 Å². The maximum Gasteiger partial charge on any atom is 0.259 e. The van der Waals surface area contributed by atoms with E-state index in [9.17, 15) is 4.79 Å². The van der Waals surface area contributed by atoms with Crippen molar-refractivity contribution in [3.63, 3.8) is 0 Å². The Morgan fingerprint density at radius 2 is 1.62 bits per heavy atom. The number of carbonyl (C=O) groups excluding carboxylic acids is 1. The summed E-state index contributed by atoms with van der Waals surface area (Å²) in [6.07, 6.45) is 2.02. The van der Waals surface area contributed by atoms with Crippen LogP contribution in [0.2, 0.25) is 0 Å². The first-order valence-electron chi connectivity index (χ1n) is 8.70. The second-order valence-electron chi connectivity index (χ2n) is 7.21. The lowest BCUT2D eigenvalue weighted by atomic mass is 9.99. The van der Waals surface area contributed by atoms with Crippen molar-refractivity contribution in [2.75, 3.05) is 11.4 Å². The number of hydrogen-bond acceptors (Lipinski definition) is 1. The molecule has 0 spiro atoms. The van der Waals surface area contributed by atoms with Gasteiger partial charge in [-0.25, -0.2) is 0 Å². The highest BCUT2D eigenvalue weighted by Gasteiger charge is 2.32. The Morgan fingerprint density at radius 3 is 2.25 bits per heavy atom. The number of rotatable bonds is 4.